The van der Waals surface area contributed by atoms with Crippen molar-refractivity contribution < 1.29 is 4.79 Å². The van der Waals surface area contributed by atoms with Crippen LogP contribution < -0.4 is 16.8 Å². The molecule has 0 spiro atoms. The third-order valence-corrected chi connectivity index (χ3v) is 1.54. The van der Waals surface area contributed by atoms with E-state index in [1.54, 1.807) is 24.3 Å². The van der Waals surface area contributed by atoms with Crippen LogP contribution in [0.5, 0.6) is 0 Å². The number of halogens is 2. The molecule has 7 heteroatoms. The van der Waals surface area contributed by atoms with E-state index < -0.39 is 6.03 Å². The van der Waals surface area contributed by atoms with E-state index in [9.17, 15) is 4.79 Å². The molecule has 0 bridgehead atoms. The number of benzene rings is 1. The summed E-state index contributed by atoms with van der Waals surface area (Å²) in [5.74, 6) is -0.287. The van der Waals surface area contributed by atoms with E-state index in [1.165, 1.54) is 0 Å². The molecule has 0 heterocycles. The number of hydrogen-bond acceptors (Lipinski definition) is 1. The molecule has 1 rings (SSSR count). The van der Waals surface area contributed by atoms with Gasteiger partial charge in [0.05, 0.1) is 0 Å². The summed E-state index contributed by atoms with van der Waals surface area (Å²) in [7, 11) is 0. The van der Waals surface area contributed by atoms with Crippen LogP contribution in [0, 0.1) is 0 Å². The summed E-state index contributed by atoms with van der Waals surface area (Å²) in [5, 5.41) is 2.96. The number of carbonyl (C=O) groups excluding carboxylic acids is 1. The third-order valence-electron chi connectivity index (χ3n) is 1.31. The second-order valence-electron chi connectivity index (χ2n) is 2.48. The fourth-order valence-electron chi connectivity index (χ4n) is 0.835. The summed E-state index contributed by atoms with van der Waals surface area (Å²) in [6.45, 7) is 0. The smallest absolute Gasteiger partial charge is 0.348 e. The summed E-state index contributed by atoms with van der Waals surface area (Å²) >= 11 is 5.70. The Balaban J connectivity index is 0.00000196. The van der Waals surface area contributed by atoms with Gasteiger partial charge in [0.25, 0.3) is 0 Å². The first kappa shape index (κ1) is 13.5. The van der Waals surface area contributed by atoms with Gasteiger partial charge in [-0.05, 0) is 18.2 Å². The van der Waals surface area contributed by atoms with Crippen molar-refractivity contribution in [2.75, 3.05) is 5.32 Å². The van der Waals surface area contributed by atoms with Crippen molar-refractivity contribution in [3.8, 4) is 0 Å². The Morgan fingerprint density at radius 3 is 2.60 bits per heavy atom. The minimum Gasteiger partial charge on any atom is -0.370 e. The fourth-order valence-corrected chi connectivity index (χ4v) is 1.03. The minimum atomic E-state index is -0.632. The van der Waals surface area contributed by atoms with E-state index in [4.69, 9.17) is 23.1 Å². The first-order chi connectivity index (χ1) is 6.58. The van der Waals surface area contributed by atoms with Crippen molar-refractivity contribution in [2.45, 2.75) is 0 Å². The SMILES string of the molecule is Cl.NC(N)=NC(=O)Nc1cccc(Cl)c1. The first-order valence-corrected chi connectivity index (χ1v) is 4.12. The second kappa shape index (κ2) is 6.10. The quantitative estimate of drug-likeness (QED) is 0.520. The van der Waals surface area contributed by atoms with E-state index in [1.807, 2.05) is 0 Å². The summed E-state index contributed by atoms with van der Waals surface area (Å²) in [4.78, 5) is 14.3. The lowest BCUT2D eigenvalue weighted by Gasteiger charge is -2.01. The van der Waals surface area contributed by atoms with Gasteiger partial charge in [-0.25, -0.2) is 4.79 Å². The van der Waals surface area contributed by atoms with Crippen LogP contribution in [0.25, 0.3) is 0 Å². The number of urea groups is 1. The Bertz CT molecular complexity index is 377. The highest BCUT2D eigenvalue weighted by Gasteiger charge is 1.99. The second-order valence-corrected chi connectivity index (χ2v) is 2.91. The van der Waals surface area contributed by atoms with E-state index in [-0.39, 0.29) is 18.4 Å². The average molecular weight is 249 g/mol. The van der Waals surface area contributed by atoms with Crippen molar-refractivity contribution >= 4 is 41.7 Å². The van der Waals surface area contributed by atoms with Gasteiger partial charge in [-0.2, -0.15) is 4.99 Å². The molecule has 0 radical (unpaired) electrons. The molecule has 0 aliphatic heterocycles. The molecule has 0 aliphatic carbocycles. The maximum Gasteiger partial charge on any atom is 0.348 e. The van der Waals surface area contributed by atoms with Gasteiger partial charge >= 0.3 is 6.03 Å². The molecule has 5 N–H and O–H groups in total. The zero-order chi connectivity index (χ0) is 10.6. The molecular weight excluding hydrogens is 239 g/mol. The maximum absolute atomic E-state index is 11.0. The molecule has 5 nitrogen and oxygen atoms in total. The predicted octanol–water partition coefficient (Wildman–Crippen LogP) is 1.57. The van der Waals surface area contributed by atoms with Gasteiger partial charge in [0.15, 0.2) is 5.96 Å². The van der Waals surface area contributed by atoms with Crippen LogP contribution >= 0.6 is 24.0 Å². The van der Waals surface area contributed by atoms with Gasteiger partial charge < -0.3 is 16.8 Å². The third kappa shape index (κ3) is 5.09. The lowest BCUT2D eigenvalue weighted by molar-refractivity contribution is 0.259. The van der Waals surface area contributed by atoms with Crippen LogP contribution in [0.4, 0.5) is 10.5 Å². The number of nitrogens with one attached hydrogen (secondary N) is 1. The monoisotopic (exact) mass is 248 g/mol. The fraction of sp³-hybridized carbons (Fsp3) is 0. The number of aliphatic imine (C=N–C) groups is 1. The summed E-state index contributed by atoms with van der Waals surface area (Å²) in [6.07, 6.45) is 0. The maximum atomic E-state index is 11.0. The summed E-state index contributed by atoms with van der Waals surface area (Å²) < 4.78 is 0. The zero-order valence-electron chi connectivity index (χ0n) is 7.61. The lowest BCUT2D eigenvalue weighted by atomic mass is 10.3. The Morgan fingerprint density at radius 2 is 2.07 bits per heavy atom. The first-order valence-electron chi connectivity index (χ1n) is 3.74. The van der Waals surface area contributed by atoms with Gasteiger partial charge in [0.2, 0.25) is 0 Å². The Kier molecular flexibility index (Phi) is 5.51. The van der Waals surface area contributed by atoms with E-state index in [2.05, 4.69) is 10.3 Å². The molecule has 0 saturated heterocycles. The van der Waals surface area contributed by atoms with Crippen LogP contribution in [0.1, 0.15) is 0 Å². The van der Waals surface area contributed by atoms with Gasteiger partial charge in [0, 0.05) is 10.7 Å². The topological polar surface area (TPSA) is 93.5 Å². The predicted molar refractivity (Wildman–Crippen MR) is 63.5 cm³/mol. The molecule has 15 heavy (non-hydrogen) atoms. The summed E-state index contributed by atoms with van der Waals surface area (Å²) in [5.41, 5.74) is 10.6. The molecule has 82 valence electrons. The molecule has 1 aromatic carbocycles. The highest BCUT2D eigenvalue weighted by Crippen LogP contribution is 2.14. The zero-order valence-corrected chi connectivity index (χ0v) is 9.18. The van der Waals surface area contributed by atoms with Crippen molar-refractivity contribution in [3.05, 3.63) is 29.3 Å². The number of guanidine groups is 1. The number of anilines is 1. The Morgan fingerprint density at radius 1 is 1.40 bits per heavy atom. The van der Waals surface area contributed by atoms with E-state index in [0.717, 1.165) is 0 Å². The number of hydrogen-bond donors (Lipinski definition) is 3. The van der Waals surface area contributed by atoms with Crippen molar-refractivity contribution in [3.63, 3.8) is 0 Å². The summed E-state index contributed by atoms with van der Waals surface area (Å²) in [6, 6.07) is 6.02. The number of rotatable bonds is 1. The molecule has 2 amide bonds. The molecule has 1 aromatic rings. The van der Waals surface area contributed by atoms with Crippen LogP contribution in [0.3, 0.4) is 0 Å². The van der Waals surface area contributed by atoms with Crippen LogP contribution in [0.2, 0.25) is 5.02 Å². The van der Waals surface area contributed by atoms with E-state index >= 15 is 0 Å². The molecule has 0 fully saturated rings. The number of carbonyl (C=O) groups is 1. The van der Waals surface area contributed by atoms with E-state index in [0.29, 0.717) is 10.7 Å². The van der Waals surface area contributed by atoms with Crippen molar-refractivity contribution in [1.29, 1.82) is 0 Å². The average Bonchev–Trinajstić information content (AvgIpc) is 2.01. The Hall–Kier alpha value is -1.46. The van der Waals surface area contributed by atoms with Crippen LogP contribution in [-0.4, -0.2) is 12.0 Å². The van der Waals surface area contributed by atoms with Crippen molar-refractivity contribution in [2.24, 2.45) is 16.5 Å². The highest BCUT2D eigenvalue weighted by atomic mass is 35.5. The standard InChI is InChI=1S/C8H9ClN4O.ClH/c9-5-2-1-3-6(4-5)12-8(14)13-7(10)11;/h1-4H,(H5,10,11,12,13,14);1H. The van der Waals surface area contributed by atoms with Crippen molar-refractivity contribution in [1.82, 2.24) is 0 Å². The van der Waals surface area contributed by atoms with Gasteiger partial charge in [0.1, 0.15) is 0 Å². The molecule has 0 aromatic heterocycles. The molecular formula is C8H10Cl2N4O. The number of nitrogens with zero attached hydrogens (tertiary/aromatic N) is 1. The van der Waals surface area contributed by atoms with Gasteiger partial charge in [-0.15, -0.1) is 12.4 Å². The molecule has 0 unspecified atom stereocenters. The van der Waals surface area contributed by atoms with Gasteiger partial charge in [-0.3, -0.25) is 0 Å². The minimum absolute atomic E-state index is 0. The molecule has 0 atom stereocenters. The molecule has 0 aliphatic rings. The number of amides is 2. The van der Waals surface area contributed by atoms with Crippen LogP contribution in [-0.2, 0) is 0 Å². The number of nitrogens with two attached hydrogens (primary N) is 2. The highest BCUT2D eigenvalue weighted by molar-refractivity contribution is 6.30. The lowest BCUT2D eigenvalue weighted by Crippen LogP contribution is -2.25. The van der Waals surface area contributed by atoms with Gasteiger partial charge in [-0.1, -0.05) is 17.7 Å². The Labute approximate surface area is 97.9 Å². The molecule has 0 saturated carbocycles. The largest absolute Gasteiger partial charge is 0.370 e. The normalized spacial score (nSPS) is 8.60. The van der Waals surface area contributed by atoms with Crippen LogP contribution in [0.15, 0.2) is 29.3 Å².